The van der Waals surface area contributed by atoms with E-state index >= 15 is 0 Å². The summed E-state index contributed by atoms with van der Waals surface area (Å²) in [4.78, 5) is 31.7. The number of esters is 1. The van der Waals surface area contributed by atoms with Crippen molar-refractivity contribution in [1.29, 1.82) is 0 Å². The van der Waals surface area contributed by atoms with Gasteiger partial charge in [0.25, 0.3) is 5.19 Å². The number of aromatic hydroxyl groups is 1. The van der Waals surface area contributed by atoms with Crippen LogP contribution >= 0.6 is 11.3 Å². The van der Waals surface area contributed by atoms with Crippen LogP contribution in [0.15, 0.2) is 11.8 Å². The molecule has 0 aromatic carbocycles. The summed E-state index contributed by atoms with van der Waals surface area (Å²) in [6.07, 6.45) is 2.57. The molecule has 2 aliphatic heterocycles. The zero-order chi connectivity index (χ0) is 16.7. The molecule has 0 amide bonds. The highest BCUT2D eigenvalue weighted by Gasteiger charge is 2.42. The Labute approximate surface area is 138 Å². The normalized spacial score (nSPS) is 23.4. The third-order valence-corrected chi connectivity index (χ3v) is 5.29. The molecule has 0 saturated carbocycles. The van der Waals surface area contributed by atoms with Gasteiger partial charge in [0, 0.05) is 30.0 Å². The first-order valence-electron chi connectivity index (χ1n) is 7.80. The molecule has 0 fully saturated rings. The van der Waals surface area contributed by atoms with Gasteiger partial charge in [-0.2, -0.15) is 0 Å². The number of fused-ring (bicyclic) bond motifs is 3. The summed E-state index contributed by atoms with van der Waals surface area (Å²) in [7, 11) is 0. The van der Waals surface area contributed by atoms with Crippen LogP contribution in [0.1, 0.15) is 43.8 Å². The van der Waals surface area contributed by atoms with Crippen molar-refractivity contribution < 1.29 is 19.4 Å². The number of hydrogen-bond acceptors (Lipinski definition) is 7. The van der Waals surface area contributed by atoms with Gasteiger partial charge in [-0.3, -0.25) is 4.79 Å². The zero-order valence-electron chi connectivity index (χ0n) is 13.4. The van der Waals surface area contributed by atoms with Gasteiger partial charge >= 0.3 is 5.97 Å². The predicted octanol–water partition coefficient (Wildman–Crippen LogP) is 2.19. The molecule has 3 rings (SSSR count). The van der Waals surface area contributed by atoms with Crippen molar-refractivity contribution in [2.24, 2.45) is 5.92 Å². The number of carbonyl (C=O) groups excluding carboxylic acids is 2. The average molecular weight is 336 g/mol. The van der Waals surface area contributed by atoms with Crippen LogP contribution in [0.3, 0.4) is 0 Å². The van der Waals surface area contributed by atoms with Crippen molar-refractivity contribution in [3.8, 4) is 5.19 Å². The van der Waals surface area contributed by atoms with Gasteiger partial charge in [0.05, 0.1) is 18.3 Å². The lowest BCUT2D eigenvalue weighted by Crippen LogP contribution is -2.47. The van der Waals surface area contributed by atoms with Crippen LogP contribution in [0.25, 0.3) is 0 Å². The van der Waals surface area contributed by atoms with E-state index in [1.54, 1.807) is 13.1 Å². The fraction of sp³-hybridized carbons (Fsp3) is 0.562. The standard InChI is InChI=1S/C16H20N2O4S/c1-4-22-15(20)9-7-18-10(8(2)3)6-13-14(17-16(21)23-13)11(18)5-12(9)19/h7-8,10-11H,4-6H2,1-3H3,(H,17,21). The van der Waals surface area contributed by atoms with Crippen LogP contribution in [0.4, 0.5) is 0 Å². The SMILES string of the molecule is CCOC(=O)C1=CN2C(CC1=O)c1nc(O)sc1CC2C(C)C. The highest BCUT2D eigenvalue weighted by Crippen LogP contribution is 2.44. The summed E-state index contributed by atoms with van der Waals surface area (Å²) in [5.74, 6) is -0.458. The number of thiazole rings is 1. The first-order chi connectivity index (χ1) is 10.9. The molecule has 3 heterocycles. The quantitative estimate of drug-likeness (QED) is 0.673. The maximum absolute atomic E-state index is 12.4. The van der Waals surface area contributed by atoms with Crippen molar-refractivity contribution in [3.63, 3.8) is 0 Å². The highest BCUT2D eigenvalue weighted by molar-refractivity contribution is 7.13. The number of aromatic nitrogens is 1. The molecule has 0 radical (unpaired) electrons. The highest BCUT2D eigenvalue weighted by atomic mass is 32.1. The number of hydrogen-bond donors (Lipinski definition) is 1. The van der Waals surface area contributed by atoms with E-state index in [1.165, 1.54) is 11.3 Å². The van der Waals surface area contributed by atoms with Crippen LogP contribution in [0, 0.1) is 5.92 Å². The number of ether oxygens (including phenoxy) is 1. The van der Waals surface area contributed by atoms with E-state index in [4.69, 9.17) is 4.74 Å². The molecule has 2 atom stereocenters. The fourth-order valence-electron chi connectivity index (χ4n) is 3.27. The lowest BCUT2D eigenvalue weighted by atomic mass is 9.85. The monoisotopic (exact) mass is 336 g/mol. The van der Waals surface area contributed by atoms with E-state index in [1.807, 2.05) is 0 Å². The minimum Gasteiger partial charge on any atom is -0.486 e. The zero-order valence-corrected chi connectivity index (χ0v) is 14.2. The smallest absolute Gasteiger partial charge is 0.343 e. The van der Waals surface area contributed by atoms with Crippen molar-refractivity contribution in [3.05, 3.63) is 22.3 Å². The topological polar surface area (TPSA) is 79.7 Å². The Balaban J connectivity index is 2.03. The molecule has 0 aliphatic carbocycles. The van der Waals surface area contributed by atoms with E-state index in [0.717, 1.165) is 17.0 Å². The van der Waals surface area contributed by atoms with Gasteiger partial charge in [0.2, 0.25) is 0 Å². The summed E-state index contributed by atoms with van der Waals surface area (Å²) < 4.78 is 4.99. The van der Waals surface area contributed by atoms with Gasteiger partial charge in [-0.05, 0) is 12.8 Å². The summed E-state index contributed by atoms with van der Waals surface area (Å²) in [6, 6.07) is -0.0566. The minimum atomic E-state index is -0.564. The van der Waals surface area contributed by atoms with Gasteiger partial charge in [-0.1, -0.05) is 25.2 Å². The summed E-state index contributed by atoms with van der Waals surface area (Å²) in [5, 5.41) is 9.76. The van der Waals surface area contributed by atoms with E-state index in [0.29, 0.717) is 5.92 Å². The second-order valence-electron chi connectivity index (χ2n) is 6.17. The lowest BCUT2D eigenvalue weighted by Gasteiger charge is -2.44. The third kappa shape index (κ3) is 2.73. The molecular formula is C16H20N2O4S. The van der Waals surface area contributed by atoms with Crippen LogP contribution in [0.5, 0.6) is 5.19 Å². The Morgan fingerprint density at radius 3 is 2.91 bits per heavy atom. The van der Waals surface area contributed by atoms with Gasteiger partial charge in [-0.25, -0.2) is 9.78 Å². The molecule has 0 spiro atoms. The van der Waals surface area contributed by atoms with E-state index in [2.05, 4.69) is 23.7 Å². The summed E-state index contributed by atoms with van der Waals surface area (Å²) >= 11 is 1.28. The average Bonchev–Trinajstić information content (AvgIpc) is 2.86. The maximum Gasteiger partial charge on any atom is 0.343 e. The molecule has 1 aromatic heterocycles. The Bertz CT molecular complexity index is 680. The Hall–Kier alpha value is -1.89. The molecule has 1 N–H and O–H groups in total. The Morgan fingerprint density at radius 1 is 1.52 bits per heavy atom. The number of ketones is 1. The molecule has 0 saturated heterocycles. The van der Waals surface area contributed by atoms with E-state index in [9.17, 15) is 14.7 Å². The number of rotatable bonds is 3. The lowest BCUT2D eigenvalue weighted by molar-refractivity contribution is -0.140. The molecule has 7 heteroatoms. The number of nitrogens with zero attached hydrogens (tertiary/aromatic N) is 2. The van der Waals surface area contributed by atoms with Crippen LogP contribution < -0.4 is 0 Å². The maximum atomic E-state index is 12.4. The second-order valence-corrected chi connectivity index (χ2v) is 7.24. The van der Waals surface area contributed by atoms with Gasteiger partial charge in [-0.15, -0.1) is 0 Å². The van der Waals surface area contributed by atoms with E-state index in [-0.39, 0.29) is 41.7 Å². The van der Waals surface area contributed by atoms with E-state index < -0.39 is 5.97 Å². The molecule has 2 unspecified atom stereocenters. The Kier molecular flexibility index (Phi) is 4.14. The van der Waals surface area contributed by atoms with Crippen molar-refractivity contribution >= 4 is 23.1 Å². The first-order valence-corrected chi connectivity index (χ1v) is 8.62. The molecule has 0 bridgehead atoms. The predicted molar refractivity (Wildman–Crippen MR) is 85.0 cm³/mol. The third-order valence-electron chi connectivity index (χ3n) is 4.39. The molecular weight excluding hydrogens is 316 g/mol. The molecule has 1 aromatic rings. The summed E-state index contributed by atoms with van der Waals surface area (Å²) in [5.41, 5.74) is 0.869. The molecule has 2 aliphatic rings. The molecule has 23 heavy (non-hydrogen) atoms. The second kappa shape index (κ2) is 5.96. The summed E-state index contributed by atoms with van der Waals surface area (Å²) in [6.45, 7) is 6.19. The Morgan fingerprint density at radius 2 is 2.26 bits per heavy atom. The van der Waals surface area contributed by atoms with Crippen LogP contribution in [-0.4, -0.2) is 39.4 Å². The largest absolute Gasteiger partial charge is 0.486 e. The minimum absolute atomic E-state index is 0.0342. The fourth-order valence-corrected chi connectivity index (χ4v) is 4.18. The van der Waals surface area contributed by atoms with Crippen molar-refractivity contribution in [2.45, 2.75) is 45.7 Å². The number of Topliss-reactive ketones (excluding diaryl/α,β-unsaturated/α-hetero) is 1. The first kappa shape index (κ1) is 16.0. The molecule has 124 valence electrons. The van der Waals surface area contributed by atoms with Crippen molar-refractivity contribution in [1.82, 2.24) is 9.88 Å². The van der Waals surface area contributed by atoms with Gasteiger partial charge < -0.3 is 14.7 Å². The van der Waals surface area contributed by atoms with Crippen LogP contribution in [-0.2, 0) is 20.7 Å². The van der Waals surface area contributed by atoms with Crippen LogP contribution in [0.2, 0.25) is 0 Å². The van der Waals surface area contributed by atoms with Crippen molar-refractivity contribution in [2.75, 3.05) is 6.61 Å². The number of carbonyl (C=O) groups is 2. The van der Waals surface area contributed by atoms with Gasteiger partial charge in [0.1, 0.15) is 5.57 Å². The molecule has 6 nitrogen and oxygen atoms in total. The van der Waals surface area contributed by atoms with Gasteiger partial charge in [0.15, 0.2) is 5.78 Å².